The Hall–Kier alpha value is -3.82. The summed E-state index contributed by atoms with van der Waals surface area (Å²) in [5.41, 5.74) is 17.0. The summed E-state index contributed by atoms with van der Waals surface area (Å²) in [6, 6.07) is 15.6. The molecule has 2 aromatic carbocycles. The molecule has 32 heavy (non-hydrogen) atoms. The highest BCUT2D eigenvalue weighted by Crippen LogP contribution is 2.34. The van der Waals surface area contributed by atoms with E-state index in [0.717, 1.165) is 32.2 Å². The number of hydrogen-bond acceptors (Lipinski definition) is 8. The largest absolute Gasteiger partial charge is 0.383 e. The Labute approximate surface area is 190 Å². The third-order valence-electron chi connectivity index (χ3n) is 5.33. The van der Waals surface area contributed by atoms with E-state index in [-0.39, 0.29) is 0 Å². The van der Waals surface area contributed by atoms with Crippen LogP contribution in [0.5, 0.6) is 0 Å². The van der Waals surface area contributed by atoms with E-state index in [2.05, 4.69) is 19.9 Å². The second-order valence-corrected chi connectivity index (χ2v) is 8.77. The lowest BCUT2D eigenvalue weighted by Gasteiger charge is -2.08. The fourth-order valence-corrected chi connectivity index (χ4v) is 4.93. The van der Waals surface area contributed by atoms with Crippen molar-refractivity contribution in [2.24, 2.45) is 0 Å². The molecule has 0 atom stereocenters. The average Bonchev–Trinajstić information content (AvgIpc) is 3.33. The number of aromatic nitrogens is 6. The number of benzene rings is 2. The molecule has 156 valence electrons. The molecule has 0 bridgehead atoms. The molecule has 0 spiro atoms. The number of anilines is 2. The molecule has 0 aliphatic rings. The number of nitrogens with two attached hydrogens (primary N) is 2. The van der Waals surface area contributed by atoms with Gasteiger partial charge in [-0.2, -0.15) is 5.10 Å². The molecule has 8 nitrogen and oxygen atoms in total. The van der Waals surface area contributed by atoms with E-state index < -0.39 is 0 Å². The van der Waals surface area contributed by atoms with Gasteiger partial charge in [-0.25, -0.2) is 24.6 Å². The van der Waals surface area contributed by atoms with Crippen LogP contribution in [-0.2, 0) is 6.54 Å². The lowest BCUT2D eigenvalue weighted by molar-refractivity contribution is 0.709. The van der Waals surface area contributed by atoms with Crippen LogP contribution in [0.3, 0.4) is 0 Å². The molecule has 0 fully saturated rings. The zero-order valence-corrected chi connectivity index (χ0v) is 18.1. The highest BCUT2D eigenvalue weighted by atomic mass is 35.5. The molecule has 6 aromatic rings. The Morgan fingerprint density at radius 3 is 2.75 bits per heavy atom. The lowest BCUT2D eigenvalue weighted by Crippen LogP contribution is -2.04. The monoisotopic (exact) mass is 458 g/mol. The van der Waals surface area contributed by atoms with Crippen LogP contribution in [0.1, 0.15) is 5.56 Å². The summed E-state index contributed by atoms with van der Waals surface area (Å²) >= 11 is 7.72. The Balaban J connectivity index is 1.55. The van der Waals surface area contributed by atoms with Crippen molar-refractivity contribution in [3.05, 3.63) is 65.6 Å². The van der Waals surface area contributed by atoms with E-state index >= 15 is 0 Å². The molecule has 0 saturated heterocycles. The number of nitrogens with zero attached hydrogens (tertiary/aromatic N) is 6. The van der Waals surface area contributed by atoms with Crippen molar-refractivity contribution in [2.75, 3.05) is 11.5 Å². The van der Waals surface area contributed by atoms with Crippen molar-refractivity contribution in [1.82, 2.24) is 29.7 Å². The van der Waals surface area contributed by atoms with Crippen LogP contribution in [-0.4, -0.2) is 29.7 Å². The summed E-state index contributed by atoms with van der Waals surface area (Å²) in [5.74, 6) is 0.373. The zero-order chi connectivity index (χ0) is 21.8. The quantitative estimate of drug-likeness (QED) is 0.374. The van der Waals surface area contributed by atoms with Gasteiger partial charge in [0.05, 0.1) is 27.7 Å². The van der Waals surface area contributed by atoms with Crippen LogP contribution in [0, 0.1) is 0 Å². The minimum Gasteiger partial charge on any atom is -0.383 e. The van der Waals surface area contributed by atoms with E-state index in [1.165, 1.54) is 17.7 Å². The van der Waals surface area contributed by atoms with Crippen molar-refractivity contribution < 1.29 is 0 Å². The summed E-state index contributed by atoms with van der Waals surface area (Å²) < 4.78 is 2.80. The minimum atomic E-state index is 0.373. The summed E-state index contributed by atoms with van der Waals surface area (Å²) in [7, 11) is 0. The molecule has 0 radical (unpaired) electrons. The van der Waals surface area contributed by atoms with Crippen LogP contribution in [0.4, 0.5) is 10.9 Å². The van der Waals surface area contributed by atoms with Crippen molar-refractivity contribution in [3.8, 4) is 11.3 Å². The van der Waals surface area contributed by atoms with E-state index in [4.69, 9.17) is 28.2 Å². The highest BCUT2D eigenvalue weighted by Gasteiger charge is 2.19. The van der Waals surface area contributed by atoms with Crippen molar-refractivity contribution >= 4 is 66.0 Å². The molecular weight excluding hydrogens is 444 g/mol. The van der Waals surface area contributed by atoms with Gasteiger partial charge in [0.25, 0.3) is 0 Å². The second kappa shape index (κ2) is 7.11. The van der Waals surface area contributed by atoms with Gasteiger partial charge in [0, 0.05) is 10.9 Å². The number of rotatable bonds is 3. The average molecular weight is 459 g/mol. The van der Waals surface area contributed by atoms with E-state index in [1.54, 1.807) is 0 Å². The topological polar surface area (TPSA) is 121 Å². The first-order valence-electron chi connectivity index (χ1n) is 9.74. The van der Waals surface area contributed by atoms with Gasteiger partial charge in [-0.3, -0.25) is 0 Å². The van der Waals surface area contributed by atoms with Crippen LogP contribution in [0.2, 0.25) is 5.15 Å². The summed E-state index contributed by atoms with van der Waals surface area (Å²) in [5, 5.41) is 7.55. The molecule has 0 unspecified atom stereocenters. The maximum atomic E-state index is 6.29. The fraction of sp³-hybridized carbons (Fsp3) is 0.0455. The van der Waals surface area contributed by atoms with Gasteiger partial charge < -0.3 is 11.5 Å². The Bertz CT molecular complexity index is 1660. The predicted molar refractivity (Wildman–Crippen MR) is 129 cm³/mol. The van der Waals surface area contributed by atoms with Gasteiger partial charge in [0.2, 0.25) is 0 Å². The zero-order valence-electron chi connectivity index (χ0n) is 16.5. The van der Waals surface area contributed by atoms with Gasteiger partial charge >= 0.3 is 0 Å². The smallest absolute Gasteiger partial charge is 0.181 e. The Kier molecular flexibility index (Phi) is 4.20. The van der Waals surface area contributed by atoms with Crippen molar-refractivity contribution in [3.63, 3.8) is 0 Å². The molecule has 0 aliphatic carbocycles. The fourth-order valence-electron chi connectivity index (χ4n) is 3.94. The van der Waals surface area contributed by atoms with E-state index in [1.807, 2.05) is 53.2 Å². The molecule has 6 rings (SSSR count). The molecule has 0 saturated carbocycles. The number of pyridine rings is 1. The van der Waals surface area contributed by atoms with Gasteiger partial charge in [0.1, 0.15) is 23.0 Å². The maximum absolute atomic E-state index is 6.29. The molecular formula is C22H15ClN8S. The third kappa shape index (κ3) is 3.02. The molecule has 4 aromatic heterocycles. The highest BCUT2D eigenvalue weighted by molar-refractivity contribution is 7.22. The molecule has 10 heteroatoms. The number of para-hydroxylation sites is 1. The van der Waals surface area contributed by atoms with Crippen molar-refractivity contribution in [1.29, 1.82) is 0 Å². The normalized spacial score (nSPS) is 11.7. The van der Waals surface area contributed by atoms with Gasteiger partial charge in [-0.05, 0) is 29.8 Å². The summed E-state index contributed by atoms with van der Waals surface area (Å²) in [6.45, 7) is 0.450. The summed E-state index contributed by atoms with van der Waals surface area (Å²) in [4.78, 5) is 17.4. The first kappa shape index (κ1) is 18.9. The molecule has 4 heterocycles. The van der Waals surface area contributed by atoms with Gasteiger partial charge in [-0.1, -0.05) is 47.2 Å². The Morgan fingerprint density at radius 2 is 1.84 bits per heavy atom. The third-order valence-corrected chi connectivity index (χ3v) is 6.37. The maximum Gasteiger partial charge on any atom is 0.181 e. The van der Waals surface area contributed by atoms with Crippen molar-refractivity contribution in [2.45, 2.75) is 6.54 Å². The molecule has 0 amide bonds. The SMILES string of the molecule is Nc1nc2ccc(-c3nn(Cc4cc(Cl)nc5ccccc45)c4ncnc(N)c34)cc2s1. The van der Waals surface area contributed by atoms with Crippen LogP contribution in [0.15, 0.2) is 54.9 Å². The van der Waals surface area contributed by atoms with Gasteiger partial charge in [0.15, 0.2) is 10.8 Å². The molecule has 4 N–H and O–H groups in total. The first-order valence-corrected chi connectivity index (χ1v) is 10.9. The number of halogens is 1. The second-order valence-electron chi connectivity index (χ2n) is 7.32. The molecule has 0 aliphatic heterocycles. The Morgan fingerprint density at radius 1 is 0.969 bits per heavy atom. The van der Waals surface area contributed by atoms with Crippen LogP contribution >= 0.6 is 22.9 Å². The summed E-state index contributed by atoms with van der Waals surface area (Å²) in [6.07, 6.45) is 1.45. The minimum absolute atomic E-state index is 0.373. The van der Waals surface area contributed by atoms with E-state index in [0.29, 0.717) is 39.4 Å². The van der Waals surface area contributed by atoms with Crippen LogP contribution < -0.4 is 11.5 Å². The predicted octanol–water partition coefficient (Wildman–Crippen LogP) is 4.52. The number of nitrogen functional groups attached to an aromatic ring is 2. The number of thiazole rings is 1. The number of hydrogen-bond donors (Lipinski definition) is 2. The first-order chi connectivity index (χ1) is 15.6. The lowest BCUT2D eigenvalue weighted by atomic mass is 10.1. The van der Waals surface area contributed by atoms with Gasteiger partial charge in [-0.15, -0.1) is 0 Å². The van der Waals surface area contributed by atoms with E-state index in [9.17, 15) is 0 Å². The standard InChI is InChI=1S/C22H15ClN8S/c23-17-8-12(13-3-1-2-4-14(13)28-17)9-31-21-18(20(24)26-10-27-21)19(30-31)11-5-6-15-16(7-11)32-22(25)29-15/h1-8,10H,9H2,(H2,25,29)(H2,24,26,27). The van der Waals surface area contributed by atoms with Crippen LogP contribution in [0.25, 0.3) is 43.4 Å². The number of fused-ring (bicyclic) bond motifs is 3.